The molecule has 2 N–H and O–H groups in total. The van der Waals surface area contributed by atoms with E-state index >= 15 is 0 Å². The third-order valence-corrected chi connectivity index (χ3v) is 4.02. The zero-order valence-electron chi connectivity index (χ0n) is 10.5. The first kappa shape index (κ1) is 14.1. The van der Waals surface area contributed by atoms with E-state index in [1.54, 1.807) is 27.1 Å². The highest BCUT2D eigenvalue weighted by molar-refractivity contribution is 7.89. The van der Waals surface area contributed by atoms with Gasteiger partial charge in [0.15, 0.2) is 0 Å². The minimum absolute atomic E-state index is 0.170. The smallest absolute Gasteiger partial charge is 0.253 e. The van der Waals surface area contributed by atoms with Crippen LogP contribution in [0.2, 0.25) is 0 Å². The second-order valence-electron chi connectivity index (χ2n) is 4.19. The minimum Gasteiger partial charge on any atom is -0.392 e. The molecular weight excluding hydrogens is 240 g/mol. The van der Waals surface area contributed by atoms with Crippen LogP contribution in [0.25, 0.3) is 0 Å². The molecule has 0 amide bonds. The molecular formula is C11H18N2O3S. The summed E-state index contributed by atoms with van der Waals surface area (Å²) in [5.74, 6) is 0. The lowest BCUT2D eigenvalue weighted by Gasteiger charge is -2.15. The number of hydrogen-bond donors (Lipinski definition) is 2. The van der Waals surface area contributed by atoms with Crippen LogP contribution in [0, 0.1) is 13.8 Å². The van der Waals surface area contributed by atoms with Gasteiger partial charge in [0.05, 0.1) is 11.5 Å². The van der Waals surface area contributed by atoms with E-state index < -0.39 is 10.0 Å². The van der Waals surface area contributed by atoms with Crippen LogP contribution < -0.4 is 4.83 Å². The molecule has 0 fully saturated rings. The van der Waals surface area contributed by atoms with Crippen LogP contribution in [0.5, 0.6) is 0 Å². The predicted molar refractivity (Wildman–Crippen MR) is 65.8 cm³/mol. The Hall–Kier alpha value is -0.950. The second-order valence-corrected chi connectivity index (χ2v) is 5.82. The molecule has 96 valence electrons. The third kappa shape index (κ3) is 3.26. The molecule has 0 saturated carbocycles. The van der Waals surface area contributed by atoms with Gasteiger partial charge in [-0.25, -0.2) is 13.4 Å². The average molecular weight is 258 g/mol. The number of hydrazine groups is 1. The summed E-state index contributed by atoms with van der Waals surface area (Å²) in [6, 6.07) is 3.27. The fourth-order valence-corrected chi connectivity index (χ4v) is 2.98. The molecule has 17 heavy (non-hydrogen) atoms. The largest absolute Gasteiger partial charge is 0.392 e. The molecule has 0 saturated heterocycles. The SMILES string of the molecule is Cc1cc(C)c(S(=O)(=O)NN(C)C)cc1CO. The summed E-state index contributed by atoms with van der Waals surface area (Å²) >= 11 is 0. The molecule has 0 aliphatic carbocycles. The number of aliphatic hydroxyl groups is 1. The quantitative estimate of drug-likeness (QED) is 0.774. The van der Waals surface area contributed by atoms with Crippen molar-refractivity contribution in [3.05, 3.63) is 28.8 Å². The van der Waals surface area contributed by atoms with Gasteiger partial charge in [-0.1, -0.05) is 6.07 Å². The van der Waals surface area contributed by atoms with E-state index in [-0.39, 0.29) is 11.5 Å². The van der Waals surface area contributed by atoms with Crippen molar-refractivity contribution in [1.82, 2.24) is 9.84 Å². The molecule has 0 unspecified atom stereocenters. The Bertz CT molecular complexity index is 510. The highest BCUT2D eigenvalue weighted by atomic mass is 32.2. The number of benzene rings is 1. The number of aryl methyl sites for hydroxylation is 2. The number of rotatable bonds is 4. The molecule has 0 heterocycles. The van der Waals surface area contributed by atoms with Crippen molar-refractivity contribution < 1.29 is 13.5 Å². The molecule has 0 bridgehead atoms. The molecule has 0 radical (unpaired) electrons. The van der Waals surface area contributed by atoms with Gasteiger partial charge >= 0.3 is 0 Å². The Morgan fingerprint density at radius 2 is 1.82 bits per heavy atom. The lowest BCUT2D eigenvalue weighted by molar-refractivity contribution is 0.280. The second kappa shape index (κ2) is 5.14. The first-order valence-electron chi connectivity index (χ1n) is 5.18. The van der Waals surface area contributed by atoms with Crippen molar-refractivity contribution >= 4 is 10.0 Å². The zero-order chi connectivity index (χ0) is 13.2. The van der Waals surface area contributed by atoms with Crippen LogP contribution in [0.15, 0.2) is 17.0 Å². The maximum Gasteiger partial charge on any atom is 0.253 e. The van der Waals surface area contributed by atoms with Crippen LogP contribution in [0.3, 0.4) is 0 Å². The van der Waals surface area contributed by atoms with Gasteiger partial charge in [-0.2, -0.15) is 0 Å². The molecule has 0 aliphatic rings. The minimum atomic E-state index is -3.57. The molecule has 1 rings (SSSR count). The van der Waals surface area contributed by atoms with Gasteiger partial charge in [-0.15, -0.1) is 4.83 Å². The van der Waals surface area contributed by atoms with Gasteiger partial charge in [-0.3, -0.25) is 0 Å². The van der Waals surface area contributed by atoms with E-state index in [9.17, 15) is 8.42 Å². The topological polar surface area (TPSA) is 69.6 Å². The predicted octanol–water partition coefficient (Wildman–Crippen LogP) is 0.551. The summed E-state index contributed by atoms with van der Waals surface area (Å²) in [5.41, 5.74) is 2.16. The van der Waals surface area contributed by atoms with E-state index in [4.69, 9.17) is 5.11 Å². The molecule has 0 spiro atoms. The zero-order valence-corrected chi connectivity index (χ0v) is 11.3. The van der Waals surface area contributed by atoms with E-state index in [0.717, 1.165) is 5.56 Å². The Labute approximate surface area is 102 Å². The van der Waals surface area contributed by atoms with Crippen molar-refractivity contribution in [3.8, 4) is 0 Å². The van der Waals surface area contributed by atoms with Crippen LogP contribution in [0.4, 0.5) is 0 Å². The summed E-state index contributed by atoms with van der Waals surface area (Å²) in [7, 11) is -0.364. The number of nitrogens with zero attached hydrogens (tertiary/aromatic N) is 1. The first-order valence-corrected chi connectivity index (χ1v) is 6.67. The number of nitrogens with one attached hydrogen (secondary N) is 1. The van der Waals surface area contributed by atoms with E-state index in [0.29, 0.717) is 11.1 Å². The Kier molecular flexibility index (Phi) is 4.26. The molecule has 0 aromatic heterocycles. The van der Waals surface area contributed by atoms with Crippen molar-refractivity contribution in [2.24, 2.45) is 0 Å². The van der Waals surface area contributed by atoms with Crippen LogP contribution >= 0.6 is 0 Å². The standard InChI is InChI=1S/C11H18N2O3S/c1-8-5-9(2)11(6-10(8)7-14)17(15,16)12-13(3)4/h5-6,12,14H,7H2,1-4H3. The molecule has 5 nitrogen and oxygen atoms in total. The van der Waals surface area contributed by atoms with Crippen molar-refractivity contribution in [2.45, 2.75) is 25.3 Å². The van der Waals surface area contributed by atoms with Gasteiger partial charge in [0.25, 0.3) is 10.0 Å². The average Bonchev–Trinajstić information content (AvgIpc) is 2.15. The number of sulfonamides is 1. The van der Waals surface area contributed by atoms with Gasteiger partial charge in [0.1, 0.15) is 0 Å². The molecule has 1 aromatic rings. The van der Waals surface area contributed by atoms with Crippen molar-refractivity contribution in [2.75, 3.05) is 14.1 Å². The van der Waals surface area contributed by atoms with Crippen molar-refractivity contribution in [1.29, 1.82) is 0 Å². The Morgan fingerprint density at radius 1 is 1.24 bits per heavy atom. The van der Waals surface area contributed by atoms with Crippen LogP contribution in [-0.2, 0) is 16.6 Å². The lowest BCUT2D eigenvalue weighted by atomic mass is 10.1. The first-order chi connectivity index (χ1) is 7.77. The normalized spacial score (nSPS) is 12.1. The lowest BCUT2D eigenvalue weighted by Crippen LogP contribution is -2.36. The number of aliphatic hydroxyl groups excluding tert-OH is 1. The summed E-state index contributed by atoms with van der Waals surface area (Å²) in [4.78, 5) is 2.57. The maximum absolute atomic E-state index is 12.0. The highest BCUT2D eigenvalue weighted by Crippen LogP contribution is 2.20. The number of hydrogen-bond acceptors (Lipinski definition) is 4. The third-order valence-electron chi connectivity index (χ3n) is 2.40. The highest BCUT2D eigenvalue weighted by Gasteiger charge is 2.18. The molecule has 6 heteroatoms. The Morgan fingerprint density at radius 3 is 2.29 bits per heavy atom. The van der Waals surface area contributed by atoms with Gasteiger partial charge in [0, 0.05) is 14.1 Å². The van der Waals surface area contributed by atoms with Gasteiger partial charge in [-0.05, 0) is 36.6 Å². The summed E-state index contributed by atoms with van der Waals surface area (Å²) in [5, 5.41) is 10.5. The maximum atomic E-state index is 12.0. The van der Waals surface area contributed by atoms with Crippen LogP contribution in [-0.4, -0.2) is 32.6 Å². The molecule has 1 aromatic carbocycles. The molecule has 0 aliphatic heterocycles. The van der Waals surface area contributed by atoms with E-state index in [2.05, 4.69) is 4.83 Å². The summed E-state index contributed by atoms with van der Waals surface area (Å²) in [6.07, 6.45) is 0. The fraction of sp³-hybridized carbons (Fsp3) is 0.455. The van der Waals surface area contributed by atoms with Gasteiger partial charge < -0.3 is 5.11 Å². The summed E-state index contributed by atoms with van der Waals surface area (Å²) in [6.45, 7) is 3.41. The van der Waals surface area contributed by atoms with Gasteiger partial charge in [0.2, 0.25) is 0 Å². The van der Waals surface area contributed by atoms with E-state index in [1.807, 2.05) is 6.92 Å². The van der Waals surface area contributed by atoms with Crippen LogP contribution in [0.1, 0.15) is 16.7 Å². The fourth-order valence-electron chi connectivity index (χ4n) is 1.62. The van der Waals surface area contributed by atoms with Crippen molar-refractivity contribution in [3.63, 3.8) is 0 Å². The van der Waals surface area contributed by atoms with E-state index in [1.165, 1.54) is 11.1 Å². The Balaban J connectivity index is 3.31. The monoisotopic (exact) mass is 258 g/mol. The summed E-state index contributed by atoms with van der Waals surface area (Å²) < 4.78 is 24.0. The molecule has 0 atom stereocenters.